The summed E-state index contributed by atoms with van der Waals surface area (Å²) < 4.78 is 0.833. The molecular weight excluding hydrogens is 308 g/mol. The molecule has 0 radical (unpaired) electrons. The molecule has 0 bridgehead atoms. The van der Waals surface area contributed by atoms with Crippen molar-refractivity contribution in [2.24, 2.45) is 0 Å². The predicted molar refractivity (Wildman–Crippen MR) is 68.0 cm³/mol. The molecule has 1 aromatic rings. The standard InChI is InChI=1S/C9H7BrCl3N/c1-5(10)4-14-9-3-7(12)6(11)2-8(9)13/h2-3,14H,1,4H2. The number of halogens is 4. The lowest BCUT2D eigenvalue weighted by Crippen LogP contribution is -2.01. The molecule has 0 aromatic heterocycles. The second kappa shape index (κ2) is 5.26. The maximum Gasteiger partial charge on any atom is 0.0653 e. The van der Waals surface area contributed by atoms with Crippen LogP contribution in [0.4, 0.5) is 5.69 Å². The summed E-state index contributed by atoms with van der Waals surface area (Å²) in [5.74, 6) is 0. The molecule has 0 aliphatic carbocycles. The highest BCUT2D eigenvalue weighted by molar-refractivity contribution is 9.11. The minimum Gasteiger partial charge on any atom is -0.379 e. The second-order valence-electron chi connectivity index (χ2n) is 2.62. The molecule has 1 N–H and O–H groups in total. The number of rotatable bonds is 3. The van der Waals surface area contributed by atoms with E-state index in [0.29, 0.717) is 21.6 Å². The second-order valence-corrected chi connectivity index (χ2v) is 4.96. The fourth-order valence-corrected chi connectivity index (χ4v) is 1.60. The van der Waals surface area contributed by atoms with Crippen LogP contribution >= 0.6 is 50.7 Å². The fourth-order valence-electron chi connectivity index (χ4n) is 0.849. The lowest BCUT2D eigenvalue weighted by Gasteiger charge is -2.08. The summed E-state index contributed by atoms with van der Waals surface area (Å²) in [6.07, 6.45) is 0. The van der Waals surface area contributed by atoms with Crippen molar-refractivity contribution in [1.82, 2.24) is 0 Å². The molecule has 76 valence electrons. The van der Waals surface area contributed by atoms with Gasteiger partial charge in [0.05, 0.1) is 20.8 Å². The molecule has 1 aromatic carbocycles. The Balaban J connectivity index is 2.87. The molecular formula is C9H7BrCl3N. The van der Waals surface area contributed by atoms with Gasteiger partial charge in [0, 0.05) is 11.0 Å². The van der Waals surface area contributed by atoms with E-state index in [0.717, 1.165) is 10.2 Å². The van der Waals surface area contributed by atoms with Crippen LogP contribution in [0.25, 0.3) is 0 Å². The van der Waals surface area contributed by atoms with Gasteiger partial charge < -0.3 is 5.32 Å². The van der Waals surface area contributed by atoms with Crippen LogP contribution in [0.2, 0.25) is 15.1 Å². The summed E-state index contributed by atoms with van der Waals surface area (Å²) in [6.45, 7) is 4.27. The molecule has 1 rings (SSSR count). The van der Waals surface area contributed by atoms with Gasteiger partial charge in [0.1, 0.15) is 0 Å². The van der Waals surface area contributed by atoms with E-state index < -0.39 is 0 Å². The number of anilines is 1. The summed E-state index contributed by atoms with van der Waals surface area (Å²) >= 11 is 20.8. The van der Waals surface area contributed by atoms with Crippen molar-refractivity contribution < 1.29 is 0 Å². The number of benzene rings is 1. The lowest BCUT2D eigenvalue weighted by atomic mass is 10.3. The molecule has 0 aliphatic heterocycles. The zero-order chi connectivity index (χ0) is 10.7. The van der Waals surface area contributed by atoms with E-state index in [1.807, 2.05) is 0 Å². The van der Waals surface area contributed by atoms with Gasteiger partial charge in [-0.25, -0.2) is 0 Å². The normalized spacial score (nSPS) is 10.0. The van der Waals surface area contributed by atoms with Crippen LogP contribution in [0.1, 0.15) is 0 Å². The van der Waals surface area contributed by atoms with Crippen LogP contribution < -0.4 is 5.32 Å². The Hall–Kier alpha value is 0.110. The van der Waals surface area contributed by atoms with Crippen molar-refractivity contribution in [2.75, 3.05) is 11.9 Å². The Morgan fingerprint density at radius 2 is 1.79 bits per heavy atom. The quantitative estimate of drug-likeness (QED) is 0.777. The van der Waals surface area contributed by atoms with E-state index in [4.69, 9.17) is 34.8 Å². The Morgan fingerprint density at radius 3 is 2.36 bits per heavy atom. The van der Waals surface area contributed by atoms with Gasteiger partial charge in [-0.1, -0.05) is 57.3 Å². The van der Waals surface area contributed by atoms with Gasteiger partial charge in [-0.2, -0.15) is 0 Å². The Morgan fingerprint density at radius 1 is 1.21 bits per heavy atom. The molecule has 0 unspecified atom stereocenters. The van der Waals surface area contributed by atoms with E-state index >= 15 is 0 Å². The van der Waals surface area contributed by atoms with Crippen molar-refractivity contribution in [1.29, 1.82) is 0 Å². The molecule has 5 heteroatoms. The van der Waals surface area contributed by atoms with Gasteiger partial charge in [0.25, 0.3) is 0 Å². The van der Waals surface area contributed by atoms with Crippen LogP contribution in [0, 0.1) is 0 Å². The van der Waals surface area contributed by atoms with Crippen LogP contribution in [0.15, 0.2) is 23.2 Å². The lowest BCUT2D eigenvalue weighted by molar-refractivity contribution is 1.33. The van der Waals surface area contributed by atoms with Gasteiger partial charge in [-0.3, -0.25) is 0 Å². The average molecular weight is 315 g/mol. The fraction of sp³-hybridized carbons (Fsp3) is 0.111. The summed E-state index contributed by atoms with van der Waals surface area (Å²) in [5, 5.41) is 4.51. The number of hydrogen-bond donors (Lipinski definition) is 1. The molecule has 1 nitrogen and oxygen atoms in total. The summed E-state index contributed by atoms with van der Waals surface area (Å²) in [5.41, 5.74) is 0.738. The third-order valence-electron chi connectivity index (χ3n) is 1.48. The summed E-state index contributed by atoms with van der Waals surface area (Å²) in [6, 6.07) is 3.28. The van der Waals surface area contributed by atoms with Crippen LogP contribution in [-0.2, 0) is 0 Å². The molecule has 0 heterocycles. The van der Waals surface area contributed by atoms with E-state index in [1.54, 1.807) is 12.1 Å². The van der Waals surface area contributed by atoms with E-state index in [2.05, 4.69) is 27.8 Å². The summed E-state index contributed by atoms with van der Waals surface area (Å²) in [7, 11) is 0. The van der Waals surface area contributed by atoms with Gasteiger partial charge in [0.15, 0.2) is 0 Å². The molecule has 0 amide bonds. The minimum atomic E-state index is 0.444. The highest BCUT2D eigenvalue weighted by Gasteiger charge is 2.05. The average Bonchev–Trinajstić information content (AvgIpc) is 2.09. The highest BCUT2D eigenvalue weighted by atomic mass is 79.9. The van der Waals surface area contributed by atoms with Crippen LogP contribution in [0.3, 0.4) is 0 Å². The maximum absolute atomic E-state index is 5.93. The predicted octanol–water partition coefficient (Wildman–Crippen LogP) is 4.97. The largest absolute Gasteiger partial charge is 0.379 e. The molecule has 0 atom stereocenters. The Labute approximate surface area is 106 Å². The SMILES string of the molecule is C=C(Br)CNc1cc(Cl)c(Cl)cc1Cl. The van der Waals surface area contributed by atoms with Crippen molar-refractivity contribution in [3.05, 3.63) is 38.3 Å². The highest BCUT2D eigenvalue weighted by Crippen LogP contribution is 2.32. The van der Waals surface area contributed by atoms with Gasteiger partial charge >= 0.3 is 0 Å². The molecule has 0 saturated carbocycles. The molecule has 0 spiro atoms. The maximum atomic E-state index is 5.93. The van der Waals surface area contributed by atoms with E-state index in [1.165, 1.54) is 0 Å². The Bertz CT molecular complexity index is 365. The van der Waals surface area contributed by atoms with Gasteiger partial charge in [-0.15, -0.1) is 0 Å². The smallest absolute Gasteiger partial charge is 0.0653 e. The zero-order valence-electron chi connectivity index (χ0n) is 7.08. The first-order valence-corrected chi connectivity index (χ1v) is 5.65. The minimum absolute atomic E-state index is 0.444. The van der Waals surface area contributed by atoms with Gasteiger partial charge in [-0.05, 0) is 12.1 Å². The van der Waals surface area contributed by atoms with Crippen molar-refractivity contribution >= 4 is 56.4 Å². The third kappa shape index (κ3) is 3.35. The first-order chi connectivity index (χ1) is 6.50. The van der Waals surface area contributed by atoms with Crippen molar-refractivity contribution in [2.45, 2.75) is 0 Å². The van der Waals surface area contributed by atoms with Crippen molar-refractivity contribution in [3.63, 3.8) is 0 Å². The Kier molecular flexibility index (Phi) is 4.58. The van der Waals surface area contributed by atoms with E-state index in [9.17, 15) is 0 Å². The van der Waals surface area contributed by atoms with Crippen LogP contribution in [-0.4, -0.2) is 6.54 Å². The number of nitrogens with one attached hydrogen (secondary N) is 1. The third-order valence-corrected chi connectivity index (χ3v) is 2.80. The van der Waals surface area contributed by atoms with E-state index in [-0.39, 0.29) is 0 Å². The molecule has 0 saturated heterocycles. The first kappa shape index (κ1) is 12.2. The molecule has 0 aliphatic rings. The zero-order valence-corrected chi connectivity index (χ0v) is 10.9. The van der Waals surface area contributed by atoms with Crippen molar-refractivity contribution in [3.8, 4) is 0 Å². The molecule has 14 heavy (non-hydrogen) atoms. The number of hydrogen-bond acceptors (Lipinski definition) is 1. The molecule has 0 fully saturated rings. The monoisotopic (exact) mass is 313 g/mol. The summed E-state index contributed by atoms with van der Waals surface area (Å²) in [4.78, 5) is 0. The van der Waals surface area contributed by atoms with Gasteiger partial charge in [0.2, 0.25) is 0 Å². The van der Waals surface area contributed by atoms with Crippen LogP contribution in [0.5, 0.6) is 0 Å². The first-order valence-electron chi connectivity index (χ1n) is 3.72. The topological polar surface area (TPSA) is 12.0 Å².